The first kappa shape index (κ1) is 12.2. The number of guanidine groups is 1. The van der Waals surface area contributed by atoms with Gasteiger partial charge in [0.25, 0.3) is 0 Å². The van der Waals surface area contributed by atoms with E-state index >= 15 is 0 Å². The summed E-state index contributed by atoms with van der Waals surface area (Å²) in [5.74, 6) is 0.772. The molecule has 0 amide bonds. The van der Waals surface area contributed by atoms with Gasteiger partial charge in [-0.05, 0) is 0 Å². The van der Waals surface area contributed by atoms with Gasteiger partial charge in [0, 0.05) is 6.42 Å². The van der Waals surface area contributed by atoms with Crippen molar-refractivity contribution in [2.24, 2.45) is 10.7 Å². The van der Waals surface area contributed by atoms with Gasteiger partial charge in [0.2, 0.25) is 0 Å². The topological polar surface area (TPSA) is 118 Å². The number of nitrogens with two attached hydrogens (primary N) is 1. The Morgan fingerprint density at radius 2 is 2.42 bits per heavy atom. The van der Waals surface area contributed by atoms with Crippen LogP contribution >= 0.6 is 0 Å². The summed E-state index contributed by atoms with van der Waals surface area (Å²) in [5.41, 5.74) is 6.82. The van der Waals surface area contributed by atoms with E-state index in [0.29, 0.717) is 23.6 Å². The van der Waals surface area contributed by atoms with E-state index < -0.39 is 18.4 Å². The molecule has 0 saturated carbocycles. The molecule has 3 rings (SSSR count). The number of rotatable bonds is 2. The average molecular weight is 265 g/mol. The lowest BCUT2D eigenvalue weighted by atomic mass is 10.2. The molecule has 0 spiro atoms. The lowest BCUT2D eigenvalue weighted by Gasteiger charge is -2.18. The van der Waals surface area contributed by atoms with Gasteiger partial charge in [-0.2, -0.15) is 4.99 Å². The summed E-state index contributed by atoms with van der Waals surface area (Å²) < 4.78 is 7.25. The number of hydrogen-bond acceptors (Lipinski definition) is 7. The molecule has 19 heavy (non-hydrogen) atoms. The minimum atomic E-state index is -0.709. The van der Waals surface area contributed by atoms with Crippen LogP contribution in [-0.4, -0.2) is 44.5 Å². The quantitative estimate of drug-likeness (QED) is 0.547. The normalized spacial score (nSPS) is 29.9. The molecule has 5 N–H and O–H groups in total. The van der Waals surface area contributed by atoms with Crippen LogP contribution in [0.15, 0.2) is 17.9 Å². The van der Waals surface area contributed by atoms with Crippen molar-refractivity contribution in [3.63, 3.8) is 0 Å². The summed E-state index contributed by atoms with van der Waals surface area (Å²) in [6.07, 6.45) is 0.208. The Kier molecular flexibility index (Phi) is 2.77. The van der Waals surface area contributed by atoms with Gasteiger partial charge in [0.1, 0.15) is 18.0 Å². The molecule has 1 saturated heterocycles. The number of aliphatic imine (C=N–C) groups is 1. The van der Waals surface area contributed by atoms with E-state index in [1.807, 2.05) is 0 Å². The lowest BCUT2D eigenvalue weighted by Crippen LogP contribution is -2.32. The summed E-state index contributed by atoms with van der Waals surface area (Å²) in [7, 11) is 0. The molecule has 2 aliphatic heterocycles. The summed E-state index contributed by atoms with van der Waals surface area (Å²) in [6, 6.07) is 0. The zero-order chi connectivity index (χ0) is 13.6. The van der Waals surface area contributed by atoms with Gasteiger partial charge in [0.15, 0.2) is 11.8 Å². The van der Waals surface area contributed by atoms with Crippen LogP contribution in [0, 0.1) is 0 Å². The second kappa shape index (κ2) is 4.34. The number of nitrogens with zero attached hydrogens (tertiary/aromatic N) is 3. The fourth-order valence-corrected chi connectivity index (χ4v) is 2.30. The van der Waals surface area contributed by atoms with Crippen molar-refractivity contribution in [2.45, 2.75) is 24.9 Å². The Hall–Kier alpha value is -1.90. The second-order valence-electron chi connectivity index (χ2n) is 4.54. The van der Waals surface area contributed by atoms with Gasteiger partial charge in [0.05, 0.1) is 24.7 Å². The van der Waals surface area contributed by atoms with E-state index in [1.54, 1.807) is 10.9 Å². The molecule has 3 unspecified atom stereocenters. The summed E-state index contributed by atoms with van der Waals surface area (Å²) >= 11 is 0. The smallest absolute Gasteiger partial charge is 0.199 e. The first-order valence-corrected chi connectivity index (χ1v) is 5.92. The number of fused-ring (bicyclic) bond motifs is 1. The Balaban J connectivity index is 1.94. The predicted octanol–water partition coefficient (Wildman–Crippen LogP) is -0.956. The Bertz CT molecular complexity index is 553. The second-order valence-corrected chi connectivity index (χ2v) is 4.54. The average Bonchev–Trinajstić information content (AvgIpc) is 2.92. The summed E-state index contributed by atoms with van der Waals surface area (Å²) in [6.45, 7) is 3.59. The van der Waals surface area contributed by atoms with E-state index in [-0.39, 0.29) is 12.6 Å². The molecule has 3 atom stereocenters. The number of aromatic nitrogens is 2. The third-order valence-corrected chi connectivity index (χ3v) is 3.25. The number of hydrogen-bond donors (Lipinski definition) is 4. The van der Waals surface area contributed by atoms with Gasteiger partial charge >= 0.3 is 0 Å². The van der Waals surface area contributed by atoms with Gasteiger partial charge in [-0.15, -0.1) is 0 Å². The summed E-state index contributed by atoms with van der Waals surface area (Å²) in [4.78, 5) is 8.38. The van der Waals surface area contributed by atoms with Crippen molar-refractivity contribution < 1.29 is 14.9 Å². The maximum atomic E-state index is 9.76. The number of nitrogens with one attached hydrogen (secondary N) is 1. The van der Waals surface area contributed by atoms with Crippen LogP contribution in [0.3, 0.4) is 0 Å². The summed E-state index contributed by atoms with van der Waals surface area (Å²) in [5, 5.41) is 21.6. The monoisotopic (exact) mass is 265 g/mol. The molecule has 0 bridgehead atoms. The maximum Gasteiger partial charge on any atom is 0.199 e. The minimum absolute atomic E-state index is 0.228. The van der Waals surface area contributed by atoms with Crippen molar-refractivity contribution in [3.05, 3.63) is 18.6 Å². The van der Waals surface area contributed by atoms with Crippen molar-refractivity contribution in [2.75, 3.05) is 6.61 Å². The lowest BCUT2D eigenvalue weighted by molar-refractivity contribution is -0.0438. The SMILES string of the molecule is C=C1NC(N)=Nc2c1ncn2C1CC(O)C(CO)O1. The molecule has 8 nitrogen and oxygen atoms in total. The minimum Gasteiger partial charge on any atom is -0.394 e. The molecule has 102 valence electrons. The first-order valence-electron chi connectivity index (χ1n) is 5.92. The largest absolute Gasteiger partial charge is 0.394 e. The molecule has 0 aliphatic carbocycles. The van der Waals surface area contributed by atoms with Crippen LogP contribution in [0.5, 0.6) is 0 Å². The van der Waals surface area contributed by atoms with Crippen LogP contribution < -0.4 is 11.1 Å². The van der Waals surface area contributed by atoms with Crippen molar-refractivity contribution in [3.8, 4) is 0 Å². The van der Waals surface area contributed by atoms with Crippen LogP contribution in [-0.2, 0) is 4.74 Å². The number of ether oxygens (including phenoxy) is 1. The third kappa shape index (κ3) is 1.89. The van der Waals surface area contributed by atoms with Crippen molar-refractivity contribution >= 4 is 17.5 Å². The molecule has 0 radical (unpaired) electrons. The zero-order valence-corrected chi connectivity index (χ0v) is 10.2. The molecular weight excluding hydrogens is 250 g/mol. The molecule has 0 aromatic carbocycles. The highest BCUT2D eigenvalue weighted by Crippen LogP contribution is 2.35. The highest BCUT2D eigenvalue weighted by Gasteiger charge is 2.36. The zero-order valence-electron chi connectivity index (χ0n) is 10.2. The Labute approximate surface area is 109 Å². The maximum absolute atomic E-state index is 9.76. The predicted molar refractivity (Wildman–Crippen MR) is 67.3 cm³/mol. The standard InChI is InChI=1S/C11H15N5O3/c1-5-9-10(15-11(12)14-5)16(4-13-9)8-2-6(18)7(3-17)19-8/h4,6-8,17-18H,1-3H2,(H3,12,14,15). The van der Waals surface area contributed by atoms with Gasteiger partial charge < -0.3 is 26.0 Å². The van der Waals surface area contributed by atoms with Crippen molar-refractivity contribution in [1.29, 1.82) is 0 Å². The van der Waals surface area contributed by atoms with E-state index in [9.17, 15) is 5.11 Å². The van der Waals surface area contributed by atoms with Gasteiger partial charge in [-0.3, -0.25) is 4.57 Å². The molecule has 1 fully saturated rings. The highest BCUT2D eigenvalue weighted by molar-refractivity contribution is 5.93. The fraction of sp³-hybridized carbons (Fsp3) is 0.455. The van der Waals surface area contributed by atoms with Crippen LogP contribution in [0.4, 0.5) is 5.82 Å². The number of aliphatic hydroxyl groups excluding tert-OH is 2. The third-order valence-electron chi connectivity index (χ3n) is 3.25. The molecule has 3 heterocycles. The van der Waals surface area contributed by atoms with Crippen LogP contribution in [0.1, 0.15) is 18.3 Å². The van der Waals surface area contributed by atoms with Crippen LogP contribution in [0.25, 0.3) is 5.70 Å². The Morgan fingerprint density at radius 1 is 1.63 bits per heavy atom. The van der Waals surface area contributed by atoms with E-state index in [0.717, 1.165) is 0 Å². The van der Waals surface area contributed by atoms with Gasteiger partial charge in [-0.25, -0.2) is 4.98 Å². The first-order chi connectivity index (χ1) is 9.10. The molecule has 2 aliphatic rings. The van der Waals surface area contributed by atoms with Gasteiger partial charge in [-0.1, -0.05) is 6.58 Å². The van der Waals surface area contributed by atoms with Crippen LogP contribution in [0.2, 0.25) is 0 Å². The molecule has 1 aromatic heterocycles. The number of imidazole rings is 1. The highest BCUT2D eigenvalue weighted by atomic mass is 16.5. The Morgan fingerprint density at radius 3 is 3.11 bits per heavy atom. The van der Waals surface area contributed by atoms with E-state index in [1.165, 1.54) is 0 Å². The van der Waals surface area contributed by atoms with E-state index in [2.05, 4.69) is 21.9 Å². The molecular formula is C11H15N5O3. The van der Waals surface area contributed by atoms with E-state index in [4.69, 9.17) is 15.6 Å². The van der Waals surface area contributed by atoms with Crippen molar-refractivity contribution in [1.82, 2.24) is 14.9 Å². The molecule has 8 heteroatoms. The number of aliphatic hydroxyl groups is 2. The molecule has 1 aromatic rings. The fourth-order valence-electron chi connectivity index (χ4n) is 2.30.